The Balaban J connectivity index is 1.94. The molecule has 0 aromatic heterocycles. The van der Waals surface area contributed by atoms with E-state index in [1.165, 1.54) is 11.1 Å². The number of nitrogens with zero attached hydrogens (tertiary/aromatic N) is 1. The molecule has 0 saturated carbocycles. The van der Waals surface area contributed by atoms with Crippen LogP contribution in [0.15, 0.2) is 84.9 Å². The third-order valence-corrected chi connectivity index (χ3v) is 4.35. The number of benzene rings is 3. The van der Waals surface area contributed by atoms with E-state index < -0.39 is 0 Å². The van der Waals surface area contributed by atoms with Crippen molar-refractivity contribution in [3.8, 4) is 0 Å². The molecule has 0 aliphatic heterocycles. The van der Waals surface area contributed by atoms with Gasteiger partial charge in [-0.25, -0.2) is 0 Å². The van der Waals surface area contributed by atoms with Gasteiger partial charge in [-0.2, -0.15) is 0 Å². The lowest BCUT2D eigenvalue weighted by molar-refractivity contribution is 0.629. The SMILES string of the molecule is [B][N+](C)(C)c1ccccc1CC(Nc1ccccc1)c1ccccc1. The van der Waals surface area contributed by atoms with Crippen LogP contribution in [0, 0.1) is 0 Å². The first-order valence-electron chi connectivity index (χ1n) is 8.61. The van der Waals surface area contributed by atoms with Gasteiger partial charge in [0.05, 0.1) is 20.1 Å². The van der Waals surface area contributed by atoms with Gasteiger partial charge < -0.3 is 9.71 Å². The van der Waals surface area contributed by atoms with Crippen molar-refractivity contribution < 1.29 is 0 Å². The Morgan fingerprint density at radius 1 is 0.800 bits per heavy atom. The third-order valence-electron chi connectivity index (χ3n) is 4.35. The Bertz CT molecular complexity index is 795. The molecule has 3 aromatic carbocycles. The molecule has 0 fully saturated rings. The lowest BCUT2D eigenvalue weighted by Crippen LogP contribution is -2.38. The third kappa shape index (κ3) is 4.52. The molecule has 0 saturated heterocycles. The van der Waals surface area contributed by atoms with Crippen LogP contribution in [0.5, 0.6) is 0 Å². The second-order valence-corrected chi connectivity index (χ2v) is 6.85. The van der Waals surface area contributed by atoms with E-state index in [1.54, 1.807) is 0 Å². The Morgan fingerprint density at radius 3 is 2.00 bits per heavy atom. The number of quaternary nitrogens is 1. The molecule has 124 valence electrons. The molecule has 0 heterocycles. The van der Waals surface area contributed by atoms with Crippen LogP contribution < -0.4 is 9.71 Å². The van der Waals surface area contributed by atoms with E-state index in [1.807, 2.05) is 26.2 Å². The lowest BCUT2D eigenvalue weighted by atomic mass is 9.95. The van der Waals surface area contributed by atoms with Crippen molar-refractivity contribution in [3.05, 3.63) is 96.1 Å². The molecule has 2 nitrogen and oxygen atoms in total. The maximum atomic E-state index is 6.34. The van der Waals surface area contributed by atoms with Crippen LogP contribution >= 0.6 is 0 Å². The summed E-state index contributed by atoms with van der Waals surface area (Å²) < 4.78 is 0.322. The minimum atomic E-state index is 0.177. The number of hydrogen-bond donors (Lipinski definition) is 1. The molecular weight excluding hydrogens is 303 g/mol. The first-order valence-corrected chi connectivity index (χ1v) is 8.61. The van der Waals surface area contributed by atoms with Gasteiger partial charge in [0.1, 0.15) is 5.69 Å². The van der Waals surface area contributed by atoms with E-state index in [0.29, 0.717) is 4.39 Å². The van der Waals surface area contributed by atoms with Crippen molar-refractivity contribution in [3.63, 3.8) is 0 Å². The number of anilines is 1. The van der Waals surface area contributed by atoms with Gasteiger partial charge in [-0.1, -0.05) is 66.7 Å². The highest BCUT2D eigenvalue weighted by atomic mass is 15.2. The fourth-order valence-corrected chi connectivity index (χ4v) is 3.14. The summed E-state index contributed by atoms with van der Waals surface area (Å²) >= 11 is 0. The fraction of sp³-hybridized carbons (Fsp3) is 0.182. The predicted octanol–water partition coefficient (Wildman–Crippen LogP) is 4.73. The summed E-state index contributed by atoms with van der Waals surface area (Å²) in [7, 11) is 10.3. The quantitative estimate of drug-likeness (QED) is 0.645. The topological polar surface area (TPSA) is 12.0 Å². The van der Waals surface area contributed by atoms with Crippen molar-refractivity contribution >= 4 is 19.4 Å². The molecule has 0 aliphatic carbocycles. The van der Waals surface area contributed by atoms with Crippen LogP contribution in [0.4, 0.5) is 11.4 Å². The first kappa shape index (κ1) is 17.3. The molecule has 2 radical (unpaired) electrons. The van der Waals surface area contributed by atoms with Crippen LogP contribution in [-0.4, -0.2) is 22.1 Å². The number of nitrogens with one attached hydrogen (secondary N) is 1. The summed E-state index contributed by atoms with van der Waals surface area (Å²) in [5.74, 6) is 0. The highest BCUT2D eigenvalue weighted by Gasteiger charge is 2.21. The Kier molecular flexibility index (Phi) is 5.25. The van der Waals surface area contributed by atoms with Gasteiger partial charge in [0, 0.05) is 17.7 Å². The normalized spacial score (nSPS) is 12.6. The largest absolute Gasteiger partial charge is 0.486 e. The van der Waals surface area contributed by atoms with Crippen LogP contribution in [0.1, 0.15) is 17.2 Å². The second-order valence-electron chi connectivity index (χ2n) is 6.85. The van der Waals surface area contributed by atoms with Gasteiger partial charge >= 0.3 is 7.98 Å². The van der Waals surface area contributed by atoms with Crippen LogP contribution in [-0.2, 0) is 6.42 Å². The maximum absolute atomic E-state index is 6.34. The molecule has 3 aromatic rings. The van der Waals surface area contributed by atoms with Crippen molar-refractivity contribution in [1.82, 2.24) is 4.39 Å². The number of hydrogen-bond acceptors (Lipinski definition) is 1. The number of rotatable bonds is 6. The minimum Gasteiger partial charge on any atom is -0.378 e. The molecule has 0 aliphatic rings. The monoisotopic (exact) mass is 327 g/mol. The summed E-state index contributed by atoms with van der Waals surface area (Å²) in [4.78, 5) is 0. The molecule has 1 N–H and O–H groups in total. The highest BCUT2D eigenvalue weighted by Crippen LogP contribution is 2.29. The van der Waals surface area contributed by atoms with Gasteiger partial charge in [0.2, 0.25) is 0 Å². The smallest absolute Gasteiger partial charge is 0.378 e. The van der Waals surface area contributed by atoms with E-state index in [-0.39, 0.29) is 6.04 Å². The molecule has 0 bridgehead atoms. The maximum Gasteiger partial charge on any atom is 0.486 e. The van der Waals surface area contributed by atoms with Gasteiger partial charge in [-0.3, -0.25) is 0 Å². The predicted molar refractivity (Wildman–Crippen MR) is 109 cm³/mol. The average molecular weight is 327 g/mol. The highest BCUT2D eigenvalue weighted by molar-refractivity contribution is 6.13. The zero-order valence-corrected chi connectivity index (χ0v) is 14.9. The minimum absolute atomic E-state index is 0.177. The summed E-state index contributed by atoms with van der Waals surface area (Å²) in [5.41, 5.74) is 4.78. The van der Waals surface area contributed by atoms with E-state index in [9.17, 15) is 0 Å². The van der Waals surface area contributed by atoms with Gasteiger partial charge in [-0.05, 0) is 23.8 Å². The number of para-hydroxylation sites is 2. The zero-order valence-electron chi connectivity index (χ0n) is 14.9. The molecular formula is C22H24BN2+. The molecule has 0 amide bonds. The molecule has 25 heavy (non-hydrogen) atoms. The summed E-state index contributed by atoms with van der Waals surface area (Å²) in [6, 6.07) is 29.5. The molecule has 3 rings (SSSR count). The van der Waals surface area contributed by atoms with Crippen molar-refractivity contribution in [1.29, 1.82) is 0 Å². The van der Waals surface area contributed by atoms with Crippen LogP contribution in [0.25, 0.3) is 0 Å². The summed E-state index contributed by atoms with van der Waals surface area (Å²) in [6.07, 6.45) is 0.869. The van der Waals surface area contributed by atoms with Crippen LogP contribution in [0.3, 0.4) is 0 Å². The Labute approximate surface area is 152 Å². The van der Waals surface area contributed by atoms with Crippen LogP contribution in [0.2, 0.25) is 0 Å². The summed E-state index contributed by atoms with van der Waals surface area (Å²) in [6.45, 7) is 0. The van der Waals surface area contributed by atoms with Gasteiger partial charge in [-0.15, -0.1) is 0 Å². The fourth-order valence-electron chi connectivity index (χ4n) is 3.14. The summed E-state index contributed by atoms with van der Waals surface area (Å²) in [5, 5.41) is 3.67. The Morgan fingerprint density at radius 2 is 1.36 bits per heavy atom. The van der Waals surface area contributed by atoms with E-state index in [2.05, 4.69) is 78.1 Å². The van der Waals surface area contributed by atoms with Crippen molar-refractivity contribution in [2.75, 3.05) is 19.4 Å². The average Bonchev–Trinajstić information content (AvgIpc) is 2.62. The van der Waals surface area contributed by atoms with Gasteiger partial charge in [0.25, 0.3) is 0 Å². The molecule has 3 heteroatoms. The second kappa shape index (κ2) is 7.58. The van der Waals surface area contributed by atoms with E-state index >= 15 is 0 Å². The van der Waals surface area contributed by atoms with E-state index in [4.69, 9.17) is 7.98 Å². The van der Waals surface area contributed by atoms with E-state index in [0.717, 1.165) is 17.8 Å². The Hall–Kier alpha value is -2.52. The zero-order chi connectivity index (χ0) is 17.7. The van der Waals surface area contributed by atoms with Crippen molar-refractivity contribution in [2.24, 2.45) is 0 Å². The first-order chi connectivity index (χ1) is 12.0. The lowest BCUT2D eigenvalue weighted by Gasteiger charge is -2.29. The molecule has 1 atom stereocenters. The standard InChI is InChI=1S/C22H24BN2/c1-25(2,23)22-16-10-9-13-19(22)17-21(18-11-5-3-6-12-18)24-20-14-7-4-8-15-20/h3-16,21,24H,17H2,1-2H3/q+1. The van der Waals surface area contributed by atoms with Gasteiger partial charge in [0.15, 0.2) is 0 Å². The molecule has 0 spiro atoms. The van der Waals surface area contributed by atoms with Crippen molar-refractivity contribution in [2.45, 2.75) is 12.5 Å². The molecule has 1 unspecified atom stereocenters.